The maximum Gasteiger partial charge on any atom is 0.475 e. The molecule has 9 heteroatoms. The van der Waals surface area contributed by atoms with E-state index in [4.69, 9.17) is 4.74 Å². The normalized spacial score (nSPS) is 17.5. The van der Waals surface area contributed by atoms with Gasteiger partial charge in [-0.05, 0) is 37.2 Å². The molecule has 0 aromatic heterocycles. The number of hydrogen-bond acceptors (Lipinski definition) is 6. The molecular formula is C23H32BN3O5. The number of carbonyl (C=O) groups excluding carboxylic acids is 2. The Kier molecular flexibility index (Phi) is 8.87. The van der Waals surface area contributed by atoms with Gasteiger partial charge in [0.1, 0.15) is 18.2 Å². The fraction of sp³-hybridized carbons (Fsp3) is 0.522. The van der Waals surface area contributed by atoms with Crippen molar-refractivity contribution in [2.75, 3.05) is 13.2 Å². The number of ether oxygens (including phenoxy) is 1. The lowest BCUT2D eigenvalue weighted by molar-refractivity contribution is -0.128. The third kappa shape index (κ3) is 7.70. The molecule has 172 valence electrons. The lowest BCUT2D eigenvalue weighted by atomic mass is 9.76. The first-order valence-corrected chi connectivity index (χ1v) is 10.8. The first-order chi connectivity index (χ1) is 15.0. The van der Waals surface area contributed by atoms with Crippen LogP contribution < -0.4 is 5.32 Å². The van der Waals surface area contributed by atoms with Gasteiger partial charge in [-0.3, -0.25) is 4.79 Å². The van der Waals surface area contributed by atoms with E-state index < -0.39 is 19.2 Å². The van der Waals surface area contributed by atoms with Gasteiger partial charge < -0.3 is 25.0 Å². The number of benzene rings is 1. The summed E-state index contributed by atoms with van der Waals surface area (Å²) in [6.07, 6.45) is 2.49. The highest BCUT2D eigenvalue weighted by Gasteiger charge is 2.33. The van der Waals surface area contributed by atoms with Crippen LogP contribution >= 0.6 is 0 Å². The third-order valence-corrected chi connectivity index (χ3v) is 5.21. The van der Waals surface area contributed by atoms with E-state index in [0.717, 1.165) is 17.5 Å². The molecule has 1 fully saturated rings. The lowest BCUT2D eigenvalue weighted by Crippen LogP contribution is -2.49. The number of nitrogens with zero attached hydrogens (tertiary/aromatic N) is 2. The molecule has 1 aromatic carbocycles. The summed E-state index contributed by atoms with van der Waals surface area (Å²) in [5, 5.41) is 31.2. The zero-order chi connectivity index (χ0) is 23.9. The molecule has 0 unspecified atom stereocenters. The number of alkyl carbamates (subject to hydrolysis) is 1. The number of allylic oxidation sites excluding steroid dienone is 1. The third-order valence-electron chi connectivity index (χ3n) is 5.21. The monoisotopic (exact) mass is 441 g/mol. The highest BCUT2D eigenvalue weighted by molar-refractivity contribution is 6.43. The number of aryl methyl sites for hydroxylation is 1. The van der Waals surface area contributed by atoms with Crippen LogP contribution in [0, 0.1) is 23.7 Å². The minimum atomic E-state index is -1.76. The minimum absolute atomic E-state index is 0.0371. The molecule has 8 nitrogen and oxygen atoms in total. The van der Waals surface area contributed by atoms with Crippen LogP contribution in [-0.2, 0) is 16.0 Å². The Bertz CT molecular complexity index is 871. The summed E-state index contributed by atoms with van der Waals surface area (Å²) in [6, 6.07) is 9.18. The molecule has 1 aliphatic rings. The van der Waals surface area contributed by atoms with Crippen molar-refractivity contribution >= 4 is 19.1 Å². The Labute approximate surface area is 190 Å². The molecule has 1 aliphatic heterocycles. The van der Waals surface area contributed by atoms with Crippen molar-refractivity contribution in [3.05, 3.63) is 47.0 Å². The Morgan fingerprint density at radius 1 is 1.34 bits per heavy atom. The molecule has 32 heavy (non-hydrogen) atoms. The zero-order valence-electron chi connectivity index (χ0n) is 19.2. The van der Waals surface area contributed by atoms with Gasteiger partial charge in [0.2, 0.25) is 0 Å². The van der Waals surface area contributed by atoms with Crippen LogP contribution in [0.25, 0.3) is 0 Å². The van der Waals surface area contributed by atoms with Crippen molar-refractivity contribution in [1.29, 1.82) is 5.26 Å². The number of rotatable bonds is 7. The number of hydrogen-bond donors (Lipinski definition) is 3. The average Bonchev–Trinajstić information content (AvgIpc) is 3.19. The summed E-state index contributed by atoms with van der Waals surface area (Å²) in [5.74, 6) is -1.30. The average molecular weight is 441 g/mol. The molecule has 0 aliphatic carbocycles. The van der Waals surface area contributed by atoms with E-state index in [0.29, 0.717) is 13.0 Å². The van der Waals surface area contributed by atoms with Crippen LogP contribution in [0.5, 0.6) is 0 Å². The van der Waals surface area contributed by atoms with E-state index in [1.807, 2.05) is 58.0 Å². The van der Waals surface area contributed by atoms with Crippen molar-refractivity contribution in [3.8, 4) is 6.07 Å². The van der Waals surface area contributed by atoms with Crippen LogP contribution in [0.2, 0.25) is 0 Å². The summed E-state index contributed by atoms with van der Waals surface area (Å²) < 4.78 is 5.29. The maximum absolute atomic E-state index is 12.8. The molecule has 0 spiro atoms. The van der Waals surface area contributed by atoms with Gasteiger partial charge in [-0.15, -0.1) is 0 Å². The van der Waals surface area contributed by atoms with Crippen molar-refractivity contribution in [3.63, 3.8) is 0 Å². The van der Waals surface area contributed by atoms with Gasteiger partial charge in [-0.25, -0.2) is 4.79 Å². The smallest absolute Gasteiger partial charge is 0.447 e. The molecule has 3 N–H and O–H groups in total. The number of carbonyl (C=O) groups is 2. The van der Waals surface area contributed by atoms with Crippen molar-refractivity contribution < 1.29 is 24.4 Å². The second-order valence-corrected chi connectivity index (χ2v) is 9.28. The van der Waals surface area contributed by atoms with Gasteiger partial charge in [-0.1, -0.05) is 56.7 Å². The van der Waals surface area contributed by atoms with Gasteiger partial charge in [0.05, 0.1) is 12.0 Å². The van der Waals surface area contributed by atoms with E-state index in [-0.39, 0.29) is 36.0 Å². The van der Waals surface area contributed by atoms with Crippen molar-refractivity contribution in [2.45, 2.75) is 58.9 Å². The predicted molar refractivity (Wildman–Crippen MR) is 121 cm³/mol. The van der Waals surface area contributed by atoms with Gasteiger partial charge in [0, 0.05) is 6.54 Å². The highest BCUT2D eigenvalue weighted by Crippen LogP contribution is 2.23. The molecule has 2 rings (SSSR count). The van der Waals surface area contributed by atoms with E-state index in [2.05, 4.69) is 5.32 Å². The summed E-state index contributed by atoms with van der Waals surface area (Å²) in [7, 11) is -1.76. The SMILES string of the molecule is Cc1ccc(C[C@H](NC(=O)OC[C@H]2CCCN2C(=O)C(C#N)=CC(C)(C)C)B(O)O)cc1. The van der Waals surface area contributed by atoms with E-state index in [1.54, 1.807) is 11.0 Å². The topological polar surface area (TPSA) is 123 Å². The lowest BCUT2D eigenvalue weighted by Gasteiger charge is -2.25. The Balaban J connectivity index is 1.95. The maximum atomic E-state index is 12.8. The second kappa shape index (κ2) is 11.2. The molecule has 1 heterocycles. The van der Waals surface area contributed by atoms with E-state index in [1.165, 1.54) is 0 Å². The van der Waals surface area contributed by atoms with Crippen molar-refractivity contribution in [1.82, 2.24) is 10.2 Å². The molecule has 0 radical (unpaired) electrons. The fourth-order valence-corrected chi connectivity index (χ4v) is 3.58. The van der Waals surface area contributed by atoms with Crippen LogP contribution in [0.15, 0.2) is 35.9 Å². The molecule has 2 amide bonds. The van der Waals surface area contributed by atoms with Crippen LogP contribution in [0.4, 0.5) is 4.79 Å². The summed E-state index contributed by atoms with van der Waals surface area (Å²) in [5.41, 5.74) is 1.69. The summed E-state index contributed by atoms with van der Waals surface area (Å²) >= 11 is 0. The number of nitriles is 1. The second-order valence-electron chi connectivity index (χ2n) is 9.28. The number of likely N-dealkylation sites (tertiary alicyclic amines) is 1. The van der Waals surface area contributed by atoms with Gasteiger partial charge in [-0.2, -0.15) is 5.26 Å². The highest BCUT2D eigenvalue weighted by atomic mass is 16.5. The molecule has 1 saturated heterocycles. The Morgan fingerprint density at radius 2 is 2.00 bits per heavy atom. The summed E-state index contributed by atoms with van der Waals surface area (Å²) in [4.78, 5) is 26.7. The Hall–Kier alpha value is -2.83. The number of amides is 2. The first kappa shape index (κ1) is 25.4. The Morgan fingerprint density at radius 3 is 2.56 bits per heavy atom. The summed E-state index contributed by atoms with van der Waals surface area (Å²) in [6.45, 7) is 8.14. The fourth-order valence-electron chi connectivity index (χ4n) is 3.58. The van der Waals surface area contributed by atoms with Crippen LogP contribution in [0.3, 0.4) is 0 Å². The van der Waals surface area contributed by atoms with Gasteiger partial charge >= 0.3 is 13.2 Å². The zero-order valence-corrected chi connectivity index (χ0v) is 19.2. The first-order valence-electron chi connectivity index (χ1n) is 10.8. The molecular weight excluding hydrogens is 409 g/mol. The molecule has 0 bridgehead atoms. The van der Waals surface area contributed by atoms with E-state index in [9.17, 15) is 24.9 Å². The van der Waals surface area contributed by atoms with Gasteiger partial charge in [0.25, 0.3) is 5.91 Å². The molecule has 0 saturated carbocycles. The predicted octanol–water partition coefficient (Wildman–Crippen LogP) is 2.13. The van der Waals surface area contributed by atoms with Gasteiger partial charge in [0.15, 0.2) is 0 Å². The quantitative estimate of drug-likeness (QED) is 0.339. The minimum Gasteiger partial charge on any atom is -0.447 e. The van der Waals surface area contributed by atoms with E-state index >= 15 is 0 Å². The largest absolute Gasteiger partial charge is 0.475 e. The number of nitrogens with one attached hydrogen (secondary N) is 1. The van der Waals surface area contributed by atoms with Crippen LogP contribution in [-0.4, -0.2) is 59.2 Å². The van der Waals surface area contributed by atoms with Crippen molar-refractivity contribution in [2.24, 2.45) is 5.41 Å². The van der Waals surface area contributed by atoms with Crippen LogP contribution in [0.1, 0.15) is 44.7 Å². The standard InChI is InChI=1S/C23H32BN3O5/c1-16-7-9-17(10-8-16)12-20(24(30)31)26-22(29)32-15-19-6-5-11-27(19)21(28)18(14-25)13-23(2,3)4/h7-10,13,19-20,30-31H,5-6,11-12,15H2,1-4H3,(H,26,29)/t19-,20+/m1/s1. The molecule has 1 aromatic rings. The molecule has 2 atom stereocenters.